The normalized spacial score (nSPS) is 21.6. The summed E-state index contributed by atoms with van der Waals surface area (Å²) in [5, 5.41) is 0. The fourth-order valence-corrected chi connectivity index (χ4v) is 6.34. The Bertz CT molecular complexity index is 474. The predicted molar refractivity (Wildman–Crippen MR) is 94.4 cm³/mol. The molecule has 0 fully saturated rings. The lowest BCUT2D eigenvalue weighted by molar-refractivity contribution is 0.0934. The first-order valence-corrected chi connectivity index (χ1v) is 10.00. The lowest BCUT2D eigenvalue weighted by Gasteiger charge is -2.33. The molecule has 1 aliphatic rings. The molecule has 0 aromatic heterocycles. The average Bonchev–Trinajstić information content (AvgIpc) is 2.51. The van der Waals surface area contributed by atoms with Crippen molar-refractivity contribution in [1.82, 2.24) is 0 Å². The van der Waals surface area contributed by atoms with Gasteiger partial charge in [0.05, 0.1) is 0 Å². The van der Waals surface area contributed by atoms with Crippen molar-refractivity contribution in [3.63, 3.8) is 0 Å². The van der Waals surface area contributed by atoms with Crippen molar-refractivity contribution in [3.8, 4) is 0 Å². The molecule has 1 aromatic rings. The van der Waals surface area contributed by atoms with Crippen LogP contribution in [0.1, 0.15) is 68.8 Å². The van der Waals surface area contributed by atoms with Crippen LogP contribution in [0.4, 0.5) is 0 Å². The quantitative estimate of drug-likeness (QED) is 0.662. The van der Waals surface area contributed by atoms with Crippen LogP contribution >= 0.6 is 0 Å². The van der Waals surface area contributed by atoms with Gasteiger partial charge in [0.15, 0.2) is 4.75 Å². The van der Waals surface area contributed by atoms with E-state index in [0.29, 0.717) is 5.78 Å². The van der Waals surface area contributed by atoms with Gasteiger partial charge in [-0.15, -0.1) is 0 Å². The second-order valence-corrected chi connectivity index (χ2v) is 9.03. The molecule has 0 saturated heterocycles. The van der Waals surface area contributed by atoms with Crippen molar-refractivity contribution in [2.45, 2.75) is 64.0 Å². The van der Waals surface area contributed by atoms with E-state index in [2.05, 4.69) is 32.9 Å². The van der Waals surface area contributed by atoms with Gasteiger partial charge >= 0.3 is 0 Å². The van der Waals surface area contributed by atoms with Gasteiger partial charge in [-0.2, -0.15) is 0 Å². The van der Waals surface area contributed by atoms with Gasteiger partial charge in [-0.3, -0.25) is 4.79 Å². The maximum atomic E-state index is 13.1. The number of rotatable bonds is 7. The van der Waals surface area contributed by atoms with E-state index < -0.39 is 0 Å². The second kappa shape index (κ2) is 7.49. The van der Waals surface area contributed by atoms with Gasteiger partial charge in [-0.05, 0) is 31.7 Å². The fraction of sp³-hybridized carbons (Fsp3) is 0.632. The highest BCUT2D eigenvalue weighted by molar-refractivity contribution is 7.98. The Balaban J connectivity index is 2.24. The zero-order chi connectivity index (χ0) is 15.3. The number of fused-ring (bicyclic) bond motifs is 1. The SMILES string of the molecule is CCCC[S+](CCCC)C1(C)CCc2ccccc2C1=O. The maximum absolute atomic E-state index is 13.1. The molecular formula is C19H29OS+. The van der Waals surface area contributed by atoms with E-state index in [1.54, 1.807) is 0 Å². The van der Waals surface area contributed by atoms with Gasteiger partial charge in [0.1, 0.15) is 11.5 Å². The molecule has 0 aliphatic heterocycles. The molecule has 0 amide bonds. The van der Waals surface area contributed by atoms with E-state index in [9.17, 15) is 4.79 Å². The zero-order valence-corrected chi connectivity index (χ0v) is 14.6. The van der Waals surface area contributed by atoms with Gasteiger partial charge < -0.3 is 0 Å². The van der Waals surface area contributed by atoms with Crippen LogP contribution in [0.25, 0.3) is 0 Å². The summed E-state index contributed by atoms with van der Waals surface area (Å²) in [5.74, 6) is 2.89. The smallest absolute Gasteiger partial charge is 0.217 e. The average molecular weight is 306 g/mol. The van der Waals surface area contributed by atoms with Crippen LogP contribution in [-0.2, 0) is 17.3 Å². The third kappa shape index (κ3) is 3.53. The summed E-state index contributed by atoms with van der Waals surface area (Å²) >= 11 is 0. The minimum Gasteiger partial charge on any atom is -0.288 e. The number of unbranched alkanes of at least 4 members (excludes halogenated alkanes) is 2. The van der Waals surface area contributed by atoms with Gasteiger partial charge in [-0.1, -0.05) is 51.0 Å². The van der Waals surface area contributed by atoms with Gasteiger partial charge in [-0.25, -0.2) is 0 Å². The number of carbonyl (C=O) groups excluding carboxylic acids is 1. The number of benzene rings is 1. The van der Waals surface area contributed by atoms with Crippen LogP contribution in [0.15, 0.2) is 24.3 Å². The van der Waals surface area contributed by atoms with Crippen molar-refractivity contribution in [2.75, 3.05) is 11.5 Å². The standard InChI is InChI=1S/C19H29OS/c1-4-6-14-21(15-7-5-2)19(3)13-12-16-10-8-9-11-17(16)18(19)20/h8-11H,4-7,12-15H2,1-3H3/q+1. The summed E-state index contributed by atoms with van der Waals surface area (Å²) in [6.07, 6.45) is 7.10. The van der Waals surface area contributed by atoms with Crippen molar-refractivity contribution in [2.24, 2.45) is 0 Å². The van der Waals surface area contributed by atoms with E-state index in [0.717, 1.165) is 18.4 Å². The molecule has 0 saturated carbocycles. The third-order valence-corrected chi connectivity index (χ3v) is 7.97. The van der Waals surface area contributed by atoms with Crippen LogP contribution in [0.5, 0.6) is 0 Å². The van der Waals surface area contributed by atoms with E-state index in [-0.39, 0.29) is 15.6 Å². The first-order chi connectivity index (χ1) is 10.1. The highest BCUT2D eigenvalue weighted by Crippen LogP contribution is 2.37. The van der Waals surface area contributed by atoms with Gasteiger partial charge in [0.2, 0.25) is 5.78 Å². The third-order valence-electron chi connectivity index (χ3n) is 4.74. The Morgan fingerprint density at radius 1 is 1.10 bits per heavy atom. The van der Waals surface area contributed by atoms with Crippen molar-refractivity contribution in [3.05, 3.63) is 35.4 Å². The summed E-state index contributed by atoms with van der Waals surface area (Å²) in [6, 6.07) is 8.24. The lowest BCUT2D eigenvalue weighted by atomic mass is 9.83. The van der Waals surface area contributed by atoms with Crippen molar-refractivity contribution < 1.29 is 4.79 Å². The molecule has 116 valence electrons. The Morgan fingerprint density at radius 3 is 2.33 bits per heavy atom. The first kappa shape index (κ1) is 16.6. The van der Waals surface area contributed by atoms with Gasteiger partial charge in [0, 0.05) is 22.9 Å². The fourth-order valence-electron chi connectivity index (χ4n) is 3.20. The van der Waals surface area contributed by atoms with Crippen LogP contribution < -0.4 is 0 Å². The molecule has 2 heteroatoms. The maximum Gasteiger partial charge on any atom is 0.217 e. The number of carbonyl (C=O) groups is 1. The molecule has 0 heterocycles. The molecule has 1 aromatic carbocycles. The van der Waals surface area contributed by atoms with Gasteiger partial charge in [0.25, 0.3) is 0 Å². The highest BCUT2D eigenvalue weighted by atomic mass is 32.2. The topological polar surface area (TPSA) is 17.1 Å². The van der Waals surface area contributed by atoms with E-state index in [4.69, 9.17) is 0 Å². The monoisotopic (exact) mass is 305 g/mol. The van der Waals surface area contributed by atoms with E-state index in [1.165, 1.54) is 42.8 Å². The Labute approximate surface area is 132 Å². The molecule has 21 heavy (non-hydrogen) atoms. The van der Waals surface area contributed by atoms with Crippen molar-refractivity contribution in [1.29, 1.82) is 0 Å². The number of hydrogen-bond donors (Lipinski definition) is 0. The Kier molecular flexibility index (Phi) is 5.92. The molecule has 1 aliphatic carbocycles. The molecule has 0 radical (unpaired) electrons. The molecule has 1 atom stereocenters. The Hall–Kier alpha value is -0.760. The molecule has 1 nitrogen and oxygen atoms in total. The van der Waals surface area contributed by atoms with E-state index in [1.807, 2.05) is 12.1 Å². The van der Waals surface area contributed by atoms with Crippen LogP contribution in [-0.4, -0.2) is 22.0 Å². The van der Waals surface area contributed by atoms with E-state index >= 15 is 0 Å². The minimum atomic E-state index is -0.112. The summed E-state index contributed by atoms with van der Waals surface area (Å²) in [7, 11) is 0.237. The molecule has 0 N–H and O–H groups in total. The largest absolute Gasteiger partial charge is 0.288 e. The highest BCUT2D eigenvalue weighted by Gasteiger charge is 2.51. The summed E-state index contributed by atoms with van der Waals surface area (Å²) in [6.45, 7) is 6.75. The predicted octanol–water partition coefficient (Wildman–Crippen LogP) is 4.79. The minimum absolute atomic E-state index is 0.112. The molecule has 0 bridgehead atoms. The Morgan fingerprint density at radius 2 is 1.71 bits per heavy atom. The number of ketones is 1. The van der Waals surface area contributed by atoms with Crippen LogP contribution in [0.3, 0.4) is 0 Å². The number of Topliss-reactive ketones (excluding diaryl/α,β-unsaturated/α-hetero) is 1. The number of aryl methyl sites for hydroxylation is 1. The first-order valence-electron chi connectivity index (χ1n) is 8.43. The zero-order valence-electron chi connectivity index (χ0n) is 13.8. The molecule has 2 rings (SSSR count). The van der Waals surface area contributed by atoms with Crippen LogP contribution in [0, 0.1) is 0 Å². The second-order valence-electron chi connectivity index (χ2n) is 6.33. The molecule has 1 unspecified atom stereocenters. The summed E-state index contributed by atoms with van der Waals surface area (Å²) in [5.41, 5.74) is 2.26. The number of hydrogen-bond acceptors (Lipinski definition) is 1. The summed E-state index contributed by atoms with van der Waals surface area (Å²) in [4.78, 5) is 13.1. The lowest BCUT2D eigenvalue weighted by Crippen LogP contribution is -2.49. The van der Waals surface area contributed by atoms with Crippen LogP contribution in [0.2, 0.25) is 0 Å². The molecule has 0 spiro atoms. The van der Waals surface area contributed by atoms with Crippen molar-refractivity contribution >= 4 is 16.7 Å². The molecular weight excluding hydrogens is 276 g/mol. The summed E-state index contributed by atoms with van der Waals surface area (Å²) < 4.78 is -0.112.